The first-order valence-corrected chi connectivity index (χ1v) is 13.0. The zero-order chi connectivity index (χ0) is 27.1. The minimum atomic E-state index is -0.712. The number of nitrogens with one attached hydrogen (secondary N) is 1. The molecule has 0 saturated carbocycles. The fraction of sp³-hybridized carbons (Fsp3) is 0.286. The molecule has 1 N–H and O–H groups in total. The number of nitrogens with zero attached hydrogens (tertiary/aromatic N) is 1. The van der Waals surface area contributed by atoms with Crippen molar-refractivity contribution in [3.05, 3.63) is 88.4 Å². The Hall–Kier alpha value is -4.05. The van der Waals surface area contributed by atoms with E-state index < -0.39 is 24.0 Å². The Morgan fingerprint density at radius 1 is 1.11 bits per heavy atom. The molecule has 2 aliphatic rings. The van der Waals surface area contributed by atoms with Gasteiger partial charge in [0.25, 0.3) is 0 Å². The van der Waals surface area contributed by atoms with Gasteiger partial charge in [-0.15, -0.1) is 0 Å². The molecule has 0 aromatic heterocycles. The summed E-state index contributed by atoms with van der Waals surface area (Å²) in [6, 6.07) is 17.8. The van der Waals surface area contributed by atoms with Crippen molar-refractivity contribution in [2.24, 2.45) is 5.92 Å². The lowest BCUT2D eigenvalue weighted by Gasteiger charge is -2.45. The molecule has 2 aromatic carbocycles. The SMILES string of the molecule is CC(=O)NC=CSC1=C(C(=O)OCc2ccccc2)N2C(=O)[C@H]([C@H](C)OC(=O)COc3ccccc3)[C@H]2C1. The van der Waals surface area contributed by atoms with Gasteiger partial charge in [-0.3, -0.25) is 9.59 Å². The Balaban J connectivity index is 1.41. The maximum atomic E-state index is 13.2. The van der Waals surface area contributed by atoms with Crippen LogP contribution in [0.4, 0.5) is 0 Å². The minimum Gasteiger partial charge on any atom is -0.482 e. The van der Waals surface area contributed by atoms with Crippen LogP contribution in [0.15, 0.2) is 82.9 Å². The first-order chi connectivity index (χ1) is 18.3. The summed E-state index contributed by atoms with van der Waals surface area (Å²) in [7, 11) is 0. The summed E-state index contributed by atoms with van der Waals surface area (Å²) >= 11 is 1.23. The number of rotatable bonds is 11. The van der Waals surface area contributed by atoms with Crippen molar-refractivity contribution < 1.29 is 33.4 Å². The van der Waals surface area contributed by atoms with Gasteiger partial charge in [-0.05, 0) is 30.0 Å². The molecule has 0 aliphatic carbocycles. The number of β-lactam (4-membered cyclic amide) rings is 1. The van der Waals surface area contributed by atoms with Crippen LogP contribution in [0.5, 0.6) is 5.75 Å². The average molecular weight is 537 g/mol. The van der Waals surface area contributed by atoms with Crippen LogP contribution in [0.2, 0.25) is 0 Å². The highest BCUT2D eigenvalue weighted by molar-refractivity contribution is 8.05. The van der Waals surface area contributed by atoms with E-state index in [1.54, 1.807) is 36.6 Å². The second kappa shape index (κ2) is 12.5. The number of carbonyl (C=O) groups is 4. The second-order valence-electron chi connectivity index (χ2n) is 8.76. The first kappa shape index (κ1) is 27.0. The van der Waals surface area contributed by atoms with Gasteiger partial charge in [-0.2, -0.15) is 0 Å². The van der Waals surface area contributed by atoms with Crippen LogP contribution in [0.3, 0.4) is 0 Å². The molecule has 0 bridgehead atoms. The topological polar surface area (TPSA) is 111 Å². The van der Waals surface area contributed by atoms with Crippen LogP contribution in [-0.2, 0) is 35.3 Å². The molecule has 2 aromatic rings. The third kappa shape index (κ3) is 6.44. The maximum absolute atomic E-state index is 13.2. The zero-order valence-electron chi connectivity index (χ0n) is 21.0. The van der Waals surface area contributed by atoms with Crippen LogP contribution in [-0.4, -0.2) is 47.4 Å². The van der Waals surface area contributed by atoms with E-state index in [4.69, 9.17) is 14.2 Å². The van der Waals surface area contributed by atoms with E-state index in [-0.39, 0.29) is 36.8 Å². The van der Waals surface area contributed by atoms with Crippen molar-refractivity contribution in [2.75, 3.05) is 6.61 Å². The highest BCUT2D eigenvalue weighted by Gasteiger charge is 2.58. The minimum absolute atomic E-state index is 0.0639. The highest BCUT2D eigenvalue weighted by atomic mass is 32.2. The molecule has 9 nitrogen and oxygen atoms in total. The molecule has 1 fully saturated rings. The number of hydrogen-bond acceptors (Lipinski definition) is 8. The van der Waals surface area contributed by atoms with Crippen LogP contribution < -0.4 is 10.1 Å². The second-order valence-corrected chi connectivity index (χ2v) is 9.76. The van der Waals surface area contributed by atoms with Gasteiger partial charge in [-0.25, -0.2) is 9.59 Å². The van der Waals surface area contributed by atoms with Crippen LogP contribution >= 0.6 is 11.8 Å². The Labute approximate surface area is 224 Å². The van der Waals surface area contributed by atoms with Crippen molar-refractivity contribution in [2.45, 2.75) is 39.0 Å². The molecule has 10 heteroatoms. The molecular weight excluding hydrogens is 508 g/mol. The summed E-state index contributed by atoms with van der Waals surface area (Å²) in [4.78, 5) is 51.9. The Kier molecular flexibility index (Phi) is 8.85. The lowest BCUT2D eigenvalue weighted by molar-refractivity contribution is -0.172. The predicted molar refractivity (Wildman–Crippen MR) is 140 cm³/mol. The van der Waals surface area contributed by atoms with Crippen LogP contribution in [0, 0.1) is 5.92 Å². The Morgan fingerprint density at radius 2 is 1.79 bits per heavy atom. The summed E-state index contributed by atoms with van der Waals surface area (Å²) in [5.74, 6) is -1.81. The van der Waals surface area contributed by atoms with Gasteiger partial charge in [-0.1, -0.05) is 60.3 Å². The molecule has 198 valence electrons. The van der Waals surface area contributed by atoms with Crippen molar-refractivity contribution in [1.82, 2.24) is 10.2 Å². The van der Waals surface area contributed by atoms with E-state index in [1.165, 1.54) is 29.8 Å². The molecule has 0 spiro atoms. The summed E-state index contributed by atoms with van der Waals surface area (Å²) in [5, 5.41) is 4.19. The first-order valence-electron chi connectivity index (χ1n) is 12.1. The number of thioether (sulfide) groups is 1. The van der Waals surface area contributed by atoms with Gasteiger partial charge in [0.15, 0.2) is 6.61 Å². The van der Waals surface area contributed by atoms with Gasteiger partial charge in [0.1, 0.15) is 24.2 Å². The Morgan fingerprint density at radius 3 is 2.47 bits per heavy atom. The number of hydrogen-bond donors (Lipinski definition) is 1. The van der Waals surface area contributed by atoms with E-state index in [0.717, 1.165) is 5.56 Å². The van der Waals surface area contributed by atoms with E-state index >= 15 is 0 Å². The predicted octanol–water partition coefficient (Wildman–Crippen LogP) is 3.52. The number of esters is 2. The van der Waals surface area contributed by atoms with E-state index in [0.29, 0.717) is 17.1 Å². The third-order valence-corrected chi connectivity index (χ3v) is 6.98. The summed E-state index contributed by atoms with van der Waals surface area (Å²) < 4.78 is 16.5. The zero-order valence-corrected chi connectivity index (χ0v) is 21.8. The van der Waals surface area contributed by atoms with Gasteiger partial charge in [0.05, 0.1) is 12.0 Å². The van der Waals surface area contributed by atoms with Crippen LogP contribution in [0.25, 0.3) is 0 Å². The number of amides is 2. The highest BCUT2D eigenvalue weighted by Crippen LogP contribution is 2.48. The summed E-state index contributed by atoms with van der Waals surface area (Å²) in [6.45, 7) is 2.83. The summed E-state index contributed by atoms with van der Waals surface area (Å²) in [6.07, 6.45) is 1.15. The number of fused-ring (bicyclic) bond motifs is 1. The van der Waals surface area contributed by atoms with E-state index in [2.05, 4.69) is 5.32 Å². The molecule has 2 aliphatic heterocycles. The third-order valence-electron chi connectivity index (χ3n) is 6.06. The molecule has 2 amide bonds. The molecule has 0 radical (unpaired) electrons. The fourth-order valence-electron chi connectivity index (χ4n) is 4.34. The molecule has 2 heterocycles. The number of ether oxygens (including phenoxy) is 3. The van der Waals surface area contributed by atoms with E-state index in [9.17, 15) is 19.2 Å². The molecule has 0 unspecified atom stereocenters. The largest absolute Gasteiger partial charge is 0.482 e. The summed E-state index contributed by atoms with van der Waals surface area (Å²) in [5.41, 5.74) is 0.998. The monoisotopic (exact) mass is 536 g/mol. The van der Waals surface area contributed by atoms with Gasteiger partial charge < -0.3 is 24.4 Å². The fourth-order valence-corrected chi connectivity index (χ4v) is 5.21. The van der Waals surface area contributed by atoms with Gasteiger partial charge in [0, 0.05) is 24.4 Å². The quantitative estimate of drug-likeness (QED) is 0.343. The standard InChI is InChI=1S/C28H28N2O7S/c1-18(37-24(32)17-35-21-11-7-4-8-12-21)25-22-15-23(38-14-13-29-19(2)31)26(30(22)27(25)33)28(34)36-16-20-9-5-3-6-10-20/h3-14,18,22,25H,15-17H2,1-2H3,(H,29,31)/t18-,22+,25+/m0/s1. The molecule has 4 rings (SSSR count). The molecule has 3 atom stereocenters. The van der Waals surface area contributed by atoms with Crippen molar-refractivity contribution in [3.63, 3.8) is 0 Å². The lowest BCUT2D eigenvalue weighted by Crippen LogP contribution is -2.62. The van der Waals surface area contributed by atoms with Crippen LogP contribution in [0.1, 0.15) is 25.8 Å². The molecule has 38 heavy (non-hydrogen) atoms. The average Bonchev–Trinajstić information content (AvgIpc) is 3.23. The van der Waals surface area contributed by atoms with Gasteiger partial charge in [0.2, 0.25) is 11.8 Å². The number of para-hydroxylation sites is 1. The van der Waals surface area contributed by atoms with Crippen molar-refractivity contribution in [1.29, 1.82) is 0 Å². The number of carbonyl (C=O) groups excluding carboxylic acids is 4. The molecule has 1 saturated heterocycles. The number of benzene rings is 2. The normalized spacial score (nSPS) is 19.0. The van der Waals surface area contributed by atoms with Gasteiger partial charge >= 0.3 is 11.9 Å². The lowest BCUT2D eigenvalue weighted by atomic mass is 9.83. The molecular formula is C28H28N2O7S. The van der Waals surface area contributed by atoms with Crippen molar-refractivity contribution in [3.8, 4) is 5.75 Å². The maximum Gasteiger partial charge on any atom is 0.356 e. The Bertz CT molecular complexity index is 1250. The smallest absolute Gasteiger partial charge is 0.356 e. The van der Waals surface area contributed by atoms with E-state index in [1.807, 2.05) is 36.4 Å². The van der Waals surface area contributed by atoms with Crippen molar-refractivity contribution >= 4 is 35.5 Å².